The van der Waals surface area contributed by atoms with E-state index in [4.69, 9.17) is 13.9 Å². The second-order valence-electron chi connectivity index (χ2n) is 9.45. The van der Waals surface area contributed by atoms with Crippen LogP contribution < -0.4 is 9.47 Å². The minimum absolute atomic E-state index is 0.135. The van der Waals surface area contributed by atoms with Crippen LogP contribution in [-0.4, -0.2) is 51.8 Å². The lowest BCUT2D eigenvalue weighted by Gasteiger charge is -2.12. The Bertz CT molecular complexity index is 1530. The molecule has 0 unspecified atom stereocenters. The van der Waals surface area contributed by atoms with Crippen LogP contribution in [0.15, 0.2) is 77.2 Å². The standard InChI is InChI=1S/C33H33NO5/c1-23-19-29(13-15-31(23)38-22-33(35)36-5)37-18-16-30(27-12-14-32-28(21-27)20-24(2)39-32)26-10-8-25(9-11-26)7-6-17-34(3)4/h8-16,19-21H,17-18,22H2,1-5H3. The summed E-state index contributed by atoms with van der Waals surface area (Å²) in [5, 5.41) is 1.06. The van der Waals surface area contributed by atoms with E-state index >= 15 is 0 Å². The lowest BCUT2D eigenvalue weighted by atomic mass is 9.96. The number of carbonyl (C=O) groups is 1. The first kappa shape index (κ1) is 27.6. The Hall–Kier alpha value is -4.47. The summed E-state index contributed by atoms with van der Waals surface area (Å²) in [4.78, 5) is 13.4. The molecule has 0 aliphatic heterocycles. The molecule has 0 aliphatic rings. The summed E-state index contributed by atoms with van der Waals surface area (Å²) in [7, 11) is 5.34. The fourth-order valence-corrected chi connectivity index (χ4v) is 4.07. The molecule has 0 spiro atoms. The van der Waals surface area contributed by atoms with E-state index < -0.39 is 5.97 Å². The maximum Gasteiger partial charge on any atom is 0.343 e. The van der Waals surface area contributed by atoms with Gasteiger partial charge in [0.2, 0.25) is 0 Å². The van der Waals surface area contributed by atoms with Crippen LogP contribution in [0.4, 0.5) is 0 Å². The van der Waals surface area contributed by atoms with Crippen LogP contribution >= 0.6 is 0 Å². The number of rotatable bonds is 9. The topological polar surface area (TPSA) is 61.1 Å². The van der Waals surface area contributed by atoms with Crippen LogP contribution in [0.5, 0.6) is 11.5 Å². The maximum atomic E-state index is 11.4. The molecule has 0 fully saturated rings. The number of ether oxygens (including phenoxy) is 3. The average molecular weight is 524 g/mol. The van der Waals surface area contributed by atoms with Crippen molar-refractivity contribution < 1.29 is 23.4 Å². The molecule has 200 valence electrons. The Morgan fingerprint density at radius 1 is 0.949 bits per heavy atom. The molecule has 0 aliphatic carbocycles. The highest BCUT2D eigenvalue weighted by molar-refractivity contribution is 5.87. The quantitative estimate of drug-likeness (QED) is 0.197. The Kier molecular flexibility index (Phi) is 9.09. The summed E-state index contributed by atoms with van der Waals surface area (Å²) in [5.41, 5.74) is 5.90. The summed E-state index contributed by atoms with van der Waals surface area (Å²) in [6, 6.07) is 22.0. The zero-order chi connectivity index (χ0) is 27.8. The highest BCUT2D eigenvalue weighted by atomic mass is 16.6. The first-order valence-corrected chi connectivity index (χ1v) is 12.7. The van der Waals surface area contributed by atoms with Crippen LogP contribution in [0.2, 0.25) is 0 Å². The van der Waals surface area contributed by atoms with Gasteiger partial charge in [-0.3, -0.25) is 4.90 Å². The van der Waals surface area contributed by atoms with Gasteiger partial charge in [0.05, 0.1) is 13.7 Å². The van der Waals surface area contributed by atoms with E-state index in [1.165, 1.54) is 7.11 Å². The van der Waals surface area contributed by atoms with E-state index in [9.17, 15) is 4.79 Å². The predicted molar refractivity (Wildman–Crippen MR) is 154 cm³/mol. The number of hydrogen-bond acceptors (Lipinski definition) is 6. The molecule has 6 nitrogen and oxygen atoms in total. The molecular weight excluding hydrogens is 490 g/mol. The van der Waals surface area contributed by atoms with E-state index in [2.05, 4.69) is 46.9 Å². The van der Waals surface area contributed by atoms with Gasteiger partial charge in [-0.25, -0.2) is 4.79 Å². The zero-order valence-electron chi connectivity index (χ0n) is 23.0. The molecule has 4 rings (SSSR count). The summed E-state index contributed by atoms with van der Waals surface area (Å²) in [6.07, 6.45) is 2.08. The number of benzene rings is 3. The molecule has 0 N–H and O–H groups in total. The van der Waals surface area contributed by atoms with Gasteiger partial charge in [0.15, 0.2) is 6.61 Å². The van der Waals surface area contributed by atoms with Crippen molar-refractivity contribution in [3.63, 3.8) is 0 Å². The largest absolute Gasteiger partial charge is 0.489 e. The van der Waals surface area contributed by atoms with Gasteiger partial charge in [-0.15, -0.1) is 0 Å². The number of fused-ring (bicyclic) bond motifs is 1. The van der Waals surface area contributed by atoms with Gasteiger partial charge in [0.1, 0.15) is 29.4 Å². The molecule has 4 aromatic rings. The Labute approximate surface area is 229 Å². The zero-order valence-corrected chi connectivity index (χ0v) is 23.0. The molecule has 1 aromatic heterocycles. The van der Waals surface area contributed by atoms with Gasteiger partial charge in [-0.1, -0.05) is 30.0 Å². The van der Waals surface area contributed by atoms with Crippen LogP contribution in [-0.2, 0) is 9.53 Å². The third-order valence-electron chi connectivity index (χ3n) is 6.03. The number of hydrogen-bond donors (Lipinski definition) is 0. The van der Waals surface area contributed by atoms with Crippen molar-refractivity contribution in [3.8, 4) is 23.3 Å². The molecule has 0 atom stereocenters. The molecule has 0 radical (unpaired) electrons. The number of esters is 1. The molecule has 3 aromatic carbocycles. The van der Waals surface area contributed by atoms with Gasteiger partial charge in [-0.2, -0.15) is 0 Å². The molecule has 0 saturated heterocycles. The van der Waals surface area contributed by atoms with Gasteiger partial charge >= 0.3 is 5.97 Å². The average Bonchev–Trinajstić information content (AvgIpc) is 3.30. The van der Waals surface area contributed by atoms with Gasteiger partial charge in [-0.05, 0) is 105 Å². The molecule has 6 heteroatoms. The molecule has 39 heavy (non-hydrogen) atoms. The normalized spacial score (nSPS) is 11.3. The highest BCUT2D eigenvalue weighted by Crippen LogP contribution is 2.29. The smallest absolute Gasteiger partial charge is 0.343 e. The van der Waals surface area contributed by atoms with Gasteiger partial charge in [0, 0.05) is 10.9 Å². The van der Waals surface area contributed by atoms with E-state index in [1.54, 1.807) is 6.07 Å². The Balaban J connectivity index is 1.56. The van der Waals surface area contributed by atoms with Crippen molar-refractivity contribution in [3.05, 3.63) is 101 Å². The van der Waals surface area contributed by atoms with Crippen molar-refractivity contribution in [2.75, 3.05) is 41.0 Å². The highest BCUT2D eigenvalue weighted by Gasteiger charge is 2.10. The van der Waals surface area contributed by atoms with Crippen molar-refractivity contribution in [2.24, 2.45) is 0 Å². The third-order valence-corrected chi connectivity index (χ3v) is 6.03. The van der Waals surface area contributed by atoms with Crippen LogP contribution in [0.1, 0.15) is 28.0 Å². The fourth-order valence-electron chi connectivity index (χ4n) is 4.07. The van der Waals surface area contributed by atoms with Crippen molar-refractivity contribution in [1.82, 2.24) is 4.90 Å². The van der Waals surface area contributed by atoms with Crippen LogP contribution in [0, 0.1) is 25.7 Å². The van der Waals surface area contributed by atoms with Gasteiger partial charge < -0.3 is 18.6 Å². The SMILES string of the molecule is COC(=O)COc1ccc(OCC=C(c2ccc(C#CCN(C)C)cc2)c2ccc3oc(C)cc3c2)cc1C. The lowest BCUT2D eigenvalue weighted by molar-refractivity contribution is -0.142. The van der Waals surface area contributed by atoms with Crippen molar-refractivity contribution in [1.29, 1.82) is 0 Å². The number of methoxy groups -OCH3 is 1. The second kappa shape index (κ2) is 12.9. The Morgan fingerprint density at radius 2 is 1.72 bits per heavy atom. The molecule has 1 heterocycles. The fraction of sp³-hybridized carbons (Fsp3) is 0.242. The maximum absolute atomic E-state index is 11.4. The molecule has 0 saturated carbocycles. The van der Waals surface area contributed by atoms with Crippen LogP contribution in [0.3, 0.4) is 0 Å². The van der Waals surface area contributed by atoms with Gasteiger partial charge in [0.25, 0.3) is 0 Å². The third kappa shape index (κ3) is 7.53. The number of nitrogens with zero attached hydrogens (tertiary/aromatic N) is 1. The second-order valence-corrected chi connectivity index (χ2v) is 9.45. The lowest BCUT2D eigenvalue weighted by Crippen LogP contribution is -2.13. The first-order chi connectivity index (χ1) is 18.8. The number of aryl methyl sites for hydroxylation is 2. The molecule has 0 bridgehead atoms. The van der Waals surface area contributed by atoms with E-state index in [-0.39, 0.29) is 6.61 Å². The summed E-state index contributed by atoms with van der Waals surface area (Å²) < 4.78 is 22.0. The van der Waals surface area contributed by atoms with Crippen molar-refractivity contribution in [2.45, 2.75) is 13.8 Å². The van der Waals surface area contributed by atoms with E-state index in [0.717, 1.165) is 44.6 Å². The number of furan rings is 1. The minimum atomic E-state index is -0.426. The minimum Gasteiger partial charge on any atom is -0.489 e. The molecular formula is C33H33NO5. The first-order valence-electron chi connectivity index (χ1n) is 12.7. The Morgan fingerprint density at radius 3 is 2.44 bits per heavy atom. The van der Waals surface area contributed by atoms with E-state index in [0.29, 0.717) is 24.7 Å². The monoisotopic (exact) mass is 523 g/mol. The number of carbonyl (C=O) groups excluding carboxylic acids is 1. The summed E-state index contributed by atoms with van der Waals surface area (Å²) in [6.45, 7) is 4.81. The van der Waals surface area contributed by atoms with E-state index in [1.807, 2.05) is 69.2 Å². The predicted octanol–water partition coefficient (Wildman–Crippen LogP) is 6.03. The summed E-state index contributed by atoms with van der Waals surface area (Å²) >= 11 is 0. The molecule has 0 amide bonds. The summed E-state index contributed by atoms with van der Waals surface area (Å²) in [5.74, 6) is 8.17. The van der Waals surface area contributed by atoms with Crippen LogP contribution in [0.25, 0.3) is 16.5 Å². The van der Waals surface area contributed by atoms with Crippen molar-refractivity contribution >= 4 is 22.5 Å².